The van der Waals surface area contributed by atoms with Gasteiger partial charge in [-0.25, -0.2) is 8.42 Å². The highest BCUT2D eigenvalue weighted by atomic mass is 79.9. The number of rotatable bonds is 12. The van der Waals surface area contributed by atoms with Crippen molar-refractivity contribution in [2.45, 2.75) is 23.1 Å². The first-order chi connectivity index (χ1) is 14.2. The number of carboxylic acid groups (broad SMARTS) is 1. The predicted molar refractivity (Wildman–Crippen MR) is 116 cm³/mol. The Morgan fingerprint density at radius 1 is 1.20 bits per heavy atom. The number of nitrogens with zero attached hydrogens (tertiary/aromatic N) is 1. The second-order valence-electron chi connectivity index (χ2n) is 5.97. The monoisotopic (exact) mass is 520 g/mol. The first-order valence-electron chi connectivity index (χ1n) is 8.60. The zero-order valence-electron chi connectivity index (χ0n) is 15.7. The van der Waals surface area contributed by atoms with E-state index in [1.807, 2.05) is 0 Å². The summed E-state index contributed by atoms with van der Waals surface area (Å²) in [5.41, 5.74) is 10.9. The number of guanidine groups is 1. The fourth-order valence-corrected chi connectivity index (χ4v) is 5.47. The average molecular weight is 521 g/mol. The zero-order valence-corrected chi connectivity index (χ0v) is 18.9. The van der Waals surface area contributed by atoms with Crippen LogP contribution in [0.1, 0.15) is 12.0 Å². The molecular weight excluding hydrogens is 500 g/mol. The van der Waals surface area contributed by atoms with Crippen LogP contribution in [-0.4, -0.2) is 44.7 Å². The molecule has 0 saturated carbocycles. The summed E-state index contributed by atoms with van der Waals surface area (Å²) in [5.74, 6) is -0.844. The molecule has 0 aliphatic carbocycles. The lowest BCUT2D eigenvalue weighted by molar-refractivity contribution is -0.138. The summed E-state index contributed by atoms with van der Waals surface area (Å²) in [6.07, 6.45) is 0.536. The highest BCUT2D eigenvalue weighted by Crippen LogP contribution is 2.26. The molecule has 0 fully saturated rings. The van der Waals surface area contributed by atoms with E-state index in [2.05, 4.69) is 25.8 Å². The number of hydrogen-bond acceptors (Lipinski definition) is 7. The van der Waals surface area contributed by atoms with Crippen molar-refractivity contribution in [2.24, 2.45) is 16.6 Å². The van der Waals surface area contributed by atoms with Crippen LogP contribution in [-0.2, 0) is 26.1 Å². The van der Waals surface area contributed by atoms with Gasteiger partial charge in [-0.05, 0) is 57.3 Å². The van der Waals surface area contributed by atoms with Gasteiger partial charge in [-0.1, -0.05) is 12.1 Å². The SMILES string of the molecule is NC(N)=NOCCCOc1ccc(CC(NS(=O)(=O)c2ccc(Br)s2)C(=O)O)cc1. The van der Waals surface area contributed by atoms with Gasteiger partial charge in [0, 0.05) is 6.42 Å². The van der Waals surface area contributed by atoms with Crippen LogP contribution in [0.2, 0.25) is 0 Å². The zero-order chi connectivity index (χ0) is 22.1. The third kappa shape index (κ3) is 7.82. The fourth-order valence-electron chi connectivity index (χ4n) is 2.26. The standard InChI is InChI=1S/C17H21BrN4O6S2/c18-14-6-7-15(29-14)30(25,26)22-13(16(23)24)10-11-2-4-12(5-3-11)27-8-1-9-28-21-17(19)20/h2-7,13,22H,1,8-10H2,(H,23,24)(H4,19,20,21). The number of benzene rings is 1. The summed E-state index contributed by atoms with van der Waals surface area (Å²) in [6, 6.07) is 8.39. The first kappa shape index (κ1) is 23.9. The van der Waals surface area contributed by atoms with E-state index in [0.29, 0.717) is 28.1 Å². The van der Waals surface area contributed by atoms with E-state index < -0.39 is 22.0 Å². The molecule has 1 heterocycles. The highest BCUT2D eigenvalue weighted by Gasteiger charge is 2.26. The van der Waals surface area contributed by atoms with E-state index in [-0.39, 0.29) is 23.2 Å². The van der Waals surface area contributed by atoms with Gasteiger partial charge in [0.2, 0.25) is 5.96 Å². The van der Waals surface area contributed by atoms with E-state index in [9.17, 15) is 18.3 Å². The third-order valence-corrected chi connectivity index (χ3v) is 7.18. The molecule has 13 heteroatoms. The number of sulfonamides is 1. The maximum Gasteiger partial charge on any atom is 0.322 e. The molecule has 1 atom stereocenters. The normalized spacial score (nSPS) is 12.2. The third-order valence-electron chi connectivity index (χ3n) is 3.59. The van der Waals surface area contributed by atoms with Gasteiger partial charge < -0.3 is 26.1 Å². The van der Waals surface area contributed by atoms with Gasteiger partial charge in [-0.15, -0.1) is 11.3 Å². The second-order valence-corrected chi connectivity index (χ2v) is 10.4. The molecule has 1 aromatic heterocycles. The molecule has 0 bridgehead atoms. The average Bonchev–Trinajstić information content (AvgIpc) is 3.12. The Labute approximate surface area is 186 Å². The molecule has 0 amide bonds. The number of hydrogen-bond donors (Lipinski definition) is 4. The molecule has 0 saturated heterocycles. The van der Waals surface area contributed by atoms with Crippen molar-refractivity contribution < 1.29 is 27.9 Å². The maximum atomic E-state index is 12.4. The Kier molecular flexibility index (Phi) is 8.89. The van der Waals surface area contributed by atoms with Crippen LogP contribution in [0.15, 0.2) is 49.5 Å². The minimum atomic E-state index is -3.94. The van der Waals surface area contributed by atoms with Gasteiger partial charge in [0.1, 0.15) is 22.6 Å². The van der Waals surface area contributed by atoms with Crippen LogP contribution in [0, 0.1) is 0 Å². The number of ether oxygens (including phenoxy) is 1. The number of carbonyl (C=O) groups is 1. The van der Waals surface area contributed by atoms with Crippen LogP contribution in [0.3, 0.4) is 0 Å². The Morgan fingerprint density at radius 2 is 1.90 bits per heavy atom. The summed E-state index contributed by atoms with van der Waals surface area (Å²) in [7, 11) is -3.94. The van der Waals surface area contributed by atoms with Crippen LogP contribution >= 0.6 is 27.3 Å². The Balaban J connectivity index is 1.90. The van der Waals surface area contributed by atoms with Crippen molar-refractivity contribution in [3.8, 4) is 5.75 Å². The van der Waals surface area contributed by atoms with Crippen LogP contribution in [0.4, 0.5) is 0 Å². The fraction of sp³-hybridized carbons (Fsp3) is 0.294. The number of carboxylic acids is 1. The number of aliphatic carboxylic acids is 1. The lowest BCUT2D eigenvalue weighted by Gasteiger charge is -2.14. The molecule has 0 spiro atoms. The molecular formula is C17H21BrN4O6S2. The number of nitrogens with two attached hydrogens (primary N) is 2. The van der Waals surface area contributed by atoms with E-state index in [0.717, 1.165) is 11.3 Å². The number of nitrogens with one attached hydrogen (secondary N) is 1. The second kappa shape index (κ2) is 11.2. The molecule has 0 aliphatic rings. The highest BCUT2D eigenvalue weighted by molar-refractivity contribution is 9.11. The minimum Gasteiger partial charge on any atom is -0.493 e. The van der Waals surface area contributed by atoms with Gasteiger partial charge >= 0.3 is 5.97 Å². The Hall–Kier alpha value is -2.35. The molecule has 6 N–H and O–H groups in total. The lowest BCUT2D eigenvalue weighted by atomic mass is 10.1. The molecule has 10 nitrogen and oxygen atoms in total. The number of halogens is 1. The molecule has 2 rings (SSSR count). The van der Waals surface area contributed by atoms with Gasteiger partial charge in [0.15, 0.2) is 0 Å². The summed E-state index contributed by atoms with van der Waals surface area (Å²) in [4.78, 5) is 16.4. The van der Waals surface area contributed by atoms with E-state index in [1.54, 1.807) is 30.3 Å². The van der Waals surface area contributed by atoms with Crippen molar-refractivity contribution in [1.82, 2.24) is 4.72 Å². The molecule has 2 aromatic rings. The van der Waals surface area contributed by atoms with E-state index >= 15 is 0 Å². The van der Waals surface area contributed by atoms with E-state index in [4.69, 9.17) is 21.0 Å². The molecule has 0 radical (unpaired) electrons. The van der Waals surface area contributed by atoms with Crippen LogP contribution < -0.4 is 20.9 Å². The first-order valence-corrected chi connectivity index (χ1v) is 11.7. The molecule has 30 heavy (non-hydrogen) atoms. The van der Waals surface area contributed by atoms with Gasteiger partial charge in [-0.2, -0.15) is 4.72 Å². The minimum absolute atomic E-state index is 0.0201. The quantitative estimate of drug-likeness (QED) is 0.141. The molecule has 0 aliphatic heterocycles. The van der Waals surface area contributed by atoms with Crippen LogP contribution in [0.25, 0.3) is 0 Å². The van der Waals surface area contributed by atoms with Crippen molar-refractivity contribution in [3.05, 3.63) is 45.7 Å². The van der Waals surface area contributed by atoms with E-state index in [1.165, 1.54) is 6.07 Å². The smallest absolute Gasteiger partial charge is 0.322 e. The predicted octanol–water partition coefficient (Wildman–Crippen LogP) is 1.46. The van der Waals surface area contributed by atoms with Crippen LogP contribution in [0.5, 0.6) is 5.75 Å². The summed E-state index contributed by atoms with van der Waals surface area (Å²) >= 11 is 4.19. The Bertz CT molecular complexity index is 974. The molecule has 1 aromatic carbocycles. The van der Waals surface area contributed by atoms with Gasteiger partial charge in [0.25, 0.3) is 10.0 Å². The topological polar surface area (TPSA) is 166 Å². The molecule has 164 valence electrons. The summed E-state index contributed by atoms with van der Waals surface area (Å²) < 4.78 is 33.2. The maximum absolute atomic E-state index is 12.4. The van der Waals surface area contributed by atoms with Gasteiger partial charge in [-0.3, -0.25) is 4.79 Å². The largest absolute Gasteiger partial charge is 0.493 e. The van der Waals surface area contributed by atoms with Gasteiger partial charge in [0.05, 0.1) is 10.4 Å². The summed E-state index contributed by atoms with van der Waals surface area (Å²) in [6.45, 7) is 0.657. The van der Waals surface area contributed by atoms with Crippen molar-refractivity contribution in [3.63, 3.8) is 0 Å². The summed E-state index contributed by atoms with van der Waals surface area (Å²) in [5, 5.41) is 12.8. The van der Waals surface area contributed by atoms with Crippen molar-refractivity contribution in [1.29, 1.82) is 0 Å². The number of thiophene rings is 1. The number of oxime groups is 1. The Morgan fingerprint density at radius 3 is 2.47 bits per heavy atom. The van der Waals surface area contributed by atoms with Crippen molar-refractivity contribution in [2.75, 3.05) is 13.2 Å². The lowest BCUT2D eigenvalue weighted by Crippen LogP contribution is -2.42. The molecule has 1 unspecified atom stereocenters. The van der Waals surface area contributed by atoms with Crippen molar-refractivity contribution >= 4 is 49.2 Å².